The SMILES string of the molecule is Cn1nc(C2CCCC2)c(Br)c1C1CCCN1. The number of nitrogens with zero attached hydrogens (tertiary/aromatic N) is 2. The maximum atomic E-state index is 4.77. The van der Waals surface area contributed by atoms with Crippen LogP contribution in [0, 0.1) is 0 Å². The number of aryl methyl sites for hydroxylation is 1. The third-order valence-electron chi connectivity index (χ3n) is 4.19. The van der Waals surface area contributed by atoms with E-state index in [1.165, 1.54) is 54.4 Å². The molecule has 3 nitrogen and oxygen atoms in total. The van der Waals surface area contributed by atoms with Gasteiger partial charge in [-0.15, -0.1) is 0 Å². The Hall–Kier alpha value is -0.350. The molecule has 0 aromatic carbocycles. The third kappa shape index (κ3) is 2.06. The van der Waals surface area contributed by atoms with Crippen molar-refractivity contribution in [3.05, 3.63) is 15.9 Å². The molecule has 1 aliphatic carbocycles. The molecular weight excluding hydrogens is 278 g/mol. The van der Waals surface area contributed by atoms with Gasteiger partial charge in [0, 0.05) is 13.0 Å². The van der Waals surface area contributed by atoms with Crippen LogP contribution in [0.15, 0.2) is 4.47 Å². The summed E-state index contributed by atoms with van der Waals surface area (Å²) in [6.07, 6.45) is 7.87. The molecule has 3 rings (SSSR count). The van der Waals surface area contributed by atoms with E-state index in [-0.39, 0.29) is 0 Å². The van der Waals surface area contributed by atoms with Crippen molar-refractivity contribution in [2.75, 3.05) is 6.54 Å². The molecule has 1 unspecified atom stereocenters. The van der Waals surface area contributed by atoms with Gasteiger partial charge < -0.3 is 5.32 Å². The smallest absolute Gasteiger partial charge is 0.0800 e. The first-order chi connectivity index (χ1) is 8.27. The molecule has 2 aliphatic rings. The third-order valence-corrected chi connectivity index (χ3v) is 5.00. The van der Waals surface area contributed by atoms with Crippen molar-refractivity contribution in [3.8, 4) is 0 Å². The van der Waals surface area contributed by atoms with Gasteiger partial charge in [-0.1, -0.05) is 12.8 Å². The summed E-state index contributed by atoms with van der Waals surface area (Å²) in [5, 5.41) is 8.33. The van der Waals surface area contributed by atoms with Gasteiger partial charge in [0.2, 0.25) is 0 Å². The first-order valence-corrected chi connectivity index (χ1v) is 7.52. The minimum absolute atomic E-state index is 0.497. The van der Waals surface area contributed by atoms with Crippen LogP contribution in [0.2, 0.25) is 0 Å². The number of aromatic nitrogens is 2. The molecule has 0 bridgehead atoms. The van der Waals surface area contributed by atoms with Gasteiger partial charge in [0.05, 0.1) is 21.9 Å². The van der Waals surface area contributed by atoms with Gasteiger partial charge in [-0.3, -0.25) is 4.68 Å². The second-order valence-electron chi connectivity index (χ2n) is 5.34. The highest BCUT2D eigenvalue weighted by molar-refractivity contribution is 9.10. The normalized spacial score (nSPS) is 25.9. The van der Waals surface area contributed by atoms with Crippen LogP contribution in [0.3, 0.4) is 0 Å². The highest BCUT2D eigenvalue weighted by Crippen LogP contribution is 2.40. The van der Waals surface area contributed by atoms with Crippen molar-refractivity contribution < 1.29 is 0 Å². The second kappa shape index (κ2) is 4.73. The lowest BCUT2D eigenvalue weighted by atomic mass is 10.0. The predicted octanol–water partition coefficient (Wildman–Crippen LogP) is 3.26. The lowest BCUT2D eigenvalue weighted by Gasteiger charge is -2.11. The summed E-state index contributed by atoms with van der Waals surface area (Å²) in [7, 11) is 2.08. The van der Waals surface area contributed by atoms with E-state index in [2.05, 4.69) is 33.0 Å². The highest BCUT2D eigenvalue weighted by atomic mass is 79.9. The van der Waals surface area contributed by atoms with E-state index in [4.69, 9.17) is 5.10 Å². The molecule has 94 valence electrons. The zero-order chi connectivity index (χ0) is 11.8. The van der Waals surface area contributed by atoms with Crippen LogP contribution in [0.4, 0.5) is 0 Å². The van der Waals surface area contributed by atoms with Crippen molar-refractivity contribution in [1.29, 1.82) is 0 Å². The summed E-state index contributed by atoms with van der Waals surface area (Å²) in [6.45, 7) is 1.14. The van der Waals surface area contributed by atoms with Crippen LogP contribution in [-0.4, -0.2) is 16.3 Å². The molecule has 0 radical (unpaired) electrons. The fourth-order valence-electron chi connectivity index (χ4n) is 3.29. The Morgan fingerprint density at radius 1 is 1.24 bits per heavy atom. The standard InChI is InChI=1S/C13H20BrN3/c1-17-13(10-7-4-8-15-10)11(14)12(16-17)9-5-2-3-6-9/h9-10,15H,2-8H2,1H3. The highest BCUT2D eigenvalue weighted by Gasteiger charge is 2.29. The summed E-state index contributed by atoms with van der Waals surface area (Å²) in [5.74, 6) is 0.686. The van der Waals surface area contributed by atoms with E-state index in [0.29, 0.717) is 12.0 Å². The molecule has 1 aromatic heterocycles. The Morgan fingerprint density at radius 2 is 2.00 bits per heavy atom. The number of hydrogen-bond donors (Lipinski definition) is 1. The summed E-state index contributed by atoms with van der Waals surface area (Å²) in [4.78, 5) is 0. The minimum atomic E-state index is 0.497. The van der Waals surface area contributed by atoms with Gasteiger partial charge in [-0.05, 0) is 48.2 Å². The van der Waals surface area contributed by atoms with Crippen LogP contribution < -0.4 is 5.32 Å². The average molecular weight is 298 g/mol. The molecule has 0 spiro atoms. The molecule has 1 aliphatic heterocycles. The Bertz CT molecular complexity index is 401. The zero-order valence-electron chi connectivity index (χ0n) is 10.4. The van der Waals surface area contributed by atoms with Crippen molar-refractivity contribution >= 4 is 15.9 Å². The van der Waals surface area contributed by atoms with Crippen LogP contribution in [0.1, 0.15) is 61.9 Å². The molecular formula is C13H20BrN3. The van der Waals surface area contributed by atoms with Crippen molar-refractivity contribution in [3.63, 3.8) is 0 Å². The molecule has 1 atom stereocenters. The number of nitrogens with one attached hydrogen (secondary N) is 1. The molecule has 1 aromatic rings. The fourth-order valence-corrected chi connectivity index (χ4v) is 4.23. The molecule has 0 amide bonds. The van der Waals surface area contributed by atoms with Gasteiger partial charge in [0.25, 0.3) is 0 Å². The molecule has 4 heteroatoms. The first kappa shape index (κ1) is 11.7. The van der Waals surface area contributed by atoms with Gasteiger partial charge >= 0.3 is 0 Å². The van der Waals surface area contributed by atoms with E-state index in [1.807, 2.05) is 0 Å². The Balaban J connectivity index is 1.93. The van der Waals surface area contributed by atoms with Gasteiger partial charge in [0.1, 0.15) is 0 Å². The summed E-state index contributed by atoms with van der Waals surface area (Å²) >= 11 is 3.80. The van der Waals surface area contributed by atoms with Crippen LogP contribution in [0.25, 0.3) is 0 Å². The maximum Gasteiger partial charge on any atom is 0.0800 e. The van der Waals surface area contributed by atoms with Gasteiger partial charge in [0.15, 0.2) is 0 Å². The van der Waals surface area contributed by atoms with E-state index < -0.39 is 0 Å². The number of hydrogen-bond acceptors (Lipinski definition) is 2. The molecule has 1 saturated carbocycles. The minimum Gasteiger partial charge on any atom is -0.309 e. The summed E-state index contributed by atoms with van der Waals surface area (Å²) in [6, 6.07) is 0.497. The van der Waals surface area contributed by atoms with E-state index in [0.717, 1.165) is 6.54 Å². The summed E-state index contributed by atoms with van der Waals surface area (Å²) in [5.41, 5.74) is 2.65. The lowest BCUT2D eigenvalue weighted by molar-refractivity contribution is 0.568. The second-order valence-corrected chi connectivity index (χ2v) is 6.13. The van der Waals surface area contributed by atoms with E-state index in [1.54, 1.807) is 0 Å². The van der Waals surface area contributed by atoms with Crippen molar-refractivity contribution in [2.45, 2.75) is 50.5 Å². The topological polar surface area (TPSA) is 29.9 Å². The zero-order valence-corrected chi connectivity index (χ0v) is 12.0. The Morgan fingerprint density at radius 3 is 2.65 bits per heavy atom. The number of rotatable bonds is 2. The van der Waals surface area contributed by atoms with Gasteiger partial charge in [-0.25, -0.2) is 0 Å². The predicted molar refractivity (Wildman–Crippen MR) is 72.1 cm³/mol. The average Bonchev–Trinajstić information content (AvgIpc) is 2.99. The maximum absolute atomic E-state index is 4.77. The molecule has 1 N–H and O–H groups in total. The lowest BCUT2D eigenvalue weighted by Crippen LogP contribution is -2.16. The van der Waals surface area contributed by atoms with E-state index in [9.17, 15) is 0 Å². The van der Waals surface area contributed by atoms with Crippen LogP contribution >= 0.6 is 15.9 Å². The quantitative estimate of drug-likeness (QED) is 0.908. The molecule has 2 heterocycles. The monoisotopic (exact) mass is 297 g/mol. The largest absolute Gasteiger partial charge is 0.309 e. The fraction of sp³-hybridized carbons (Fsp3) is 0.769. The first-order valence-electron chi connectivity index (χ1n) is 6.73. The molecule has 17 heavy (non-hydrogen) atoms. The number of halogens is 1. The van der Waals surface area contributed by atoms with Crippen LogP contribution in [0.5, 0.6) is 0 Å². The van der Waals surface area contributed by atoms with Gasteiger partial charge in [-0.2, -0.15) is 5.10 Å². The van der Waals surface area contributed by atoms with Crippen molar-refractivity contribution in [2.24, 2.45) is 7.05 Å². The van der Waals surface area contributed by atoms with Crippen LogP contribution in [-0.2, 0) is 7.05 Å². The van der Waals surface area contributed by atoms with Crippen molar-refractivity contribution in [1.82, 2.24) is 15.1 Å². The summed E-state index contributed by atoms with van der Waals surface area (Å²) < 4.78 is 3.35. The molecule has 1 saturated heterocycles. The van der Waals surface area contributed by atoms with E-state index >= 15 is 0 Å². The Labute approximate surface area is 111 Å². The Kier molecular flexibility index (Phi) is 3.26. The molecule has 2 fully saturated rings.